The van der Waals surface area contributed by atoms with Crippen LogP contribution in [0.2, 0.25) is 5.02 Å². The number of benzene rings is 2. The van der Waals surface area contributed by atoms with Gasteiger partial charge in [0.25, 0.3) is 5.56 Å². The molecule has 37 heavy (non-hydrogen) atoms. The van der Waals surface area contributed by atoms with E-state index >= 15 is 0 Å². The summed E-state index contributed by atoms with van der Waals surface area (Å²) in [5.41, 5.74) is 5.10. The first-order valence-corrected chi connectivity index (χ1v) is 12.8. The van der Waals surface area contributed by atoms with Crippen molar-refractivity contribution in [2.75, 3.05) is 13.1 Å². The molecule has 0 bridgehead atoms. The molecule has 7 nitrogen and oxygen atoms in total. The summed E-state index contributed by atoms with van der Waals surface area (Å²) >= 11 is 6.06. The number of carboxylic acids is 2. The summed E-state index contributed by atoms with van der Waals surface area (Å²) < 4.78 is 0. The molecular weight excluding hydrogens is 492 g/mol. The monoisotopic (exact) mass is 524 g/mol. The van der Waals surface area contributed by atoms with Gasteiger partial charge in [-0.05, 0) is 73.4 Å². The Hall–Kier alpha value is -3.42. The number of H-pyrrole nitrogens is 1. The fourth-order valence-electron chi connectivity index (χ4n) is 4.85. The molecule has 1 aromatic heterocycles. The molecule has 0 radical (unpaired) electrons. The Kier molecular flexibility index (Phi) is 10.5. The molecule has 8 heteroatoms. The average molecular weight is 525 g/mol. The van der Waals surface area contributed by atoms with Crippen LogP contribution >= 0.6 is 11.6 Å². The number of halogens is 1. The predicted molar refractivity (Wildman–Crippen MR) is 144 cm³/mol. The third kappa shape index (κ3) is 8.58. The molecule has 4 rings (SSSR count). The number of nitrogens with one attached hydrogen (secondary N) is 1. The lowest BCUT2D eigenvalue weighted by Gasteiger charge is -2.35. The zero-order valence-corrected chi connectivity index (χ0v) is 21.7. The quantitative estimate of drug-likeness (QED) is 0.376. The van der Waals surface area contributed by atoms with E-state index < -0.39 is 11.9 Å². The van der Waals surface area contributed by atoms with Crippen LogP contribution in [0.1, 0.15) is 47.9 Å². The molecule has 0 aliphatic carbocycles. The van der Waals surface area contributed by atoms with Crippen molar-refractivity contribution in [3.63, 3.8) is 0 Å². The molecule has 3 N–H and O–H groups in total. The molecule has 1 aliphatic rings. The van der Waals surface area contributed by atoms with E-state index in [1.165, 1.54) is 16.7 Å². The zero-order valence-electron chi connectivity index (χ0n) is 20.9. The van der Waals surface area contributed by atoms with Crippen LogP contribution in [0.4, 0.5) is 0 Å². The Labute approximate surface area is 221 Å². The third-order valence-electron chi connectivity index (χ3n) is 6.93. The number of rotatable bonds is 7. The number of hydrogen-bond donors (Lipinski definition) is 3. The lowest BCUT2D eigenvalue weighted by Crippen LogP contribution is -2.36. The standard InChI is InChI=1S/C27H31ClN2O.C2H2O4/c1-20(26-10-6-5-9-23(26)12-11-21-7-3-2-4-8-21)22-13-15-30(16-14-22)19-24-17-25(28)18-29-27(24)31;3-1(4)2(5)6/h2-10,17-18,20,22H,11-16,19H2,1H3,(H,29,31);(H,3,4)(H,5,6). The number of aliphatic carboxylic acids is 2. The summed E-state index contributed by atoms with van der Waals surface area (Å²) in [5.74, 6) is -2.43. The van der Waals surface area contributed by atoms with Crippen molar-refractivity contribution >= 4 is 23.5 Å². The van der Waals surface area contributed by atoms with E-state index in [9.17, 15) is 4.79 Å². The minimum Gasteiger partial charge on any atom is -0.473 e. The van der Waals surface area contributed by atoms with E-state index in [1.54, 1.807) is 12.3 Å². The van der Waals surface area contributed by atoms with Crippen LogP contribution in [-0.4, -0.2) is 45.1 Å². The van der Waals surface area contributed by atoms with Crippen LogP contribution in [0.25, 0.3) is 0 Å². The maximum atomic E-state index is 12.1. The normalized spacial score (nSPS) is 14.9. The lowest BCUT2D eigenvalue weighted by molar-refractivity contribution is -0.159. The highest BCUT2D eigenvalue weighted by molar-refractivity contribution is 6.30. The molecule has 196 valence electrons. The van der Waals surface area contributed by atoms with Gasteiger partial charge in [-0.3, -0.25) is 9.69 Å². The SMILES string of the molecule is CC(c1ccccc1CCc1ccccc1)C1CCN(Cc2cc(Cl)c[nH]c2=O)CC1.O=C(O)C(=O)O. The average Bonchev–Trinajstić information content (AvgIpc) is 2.91. The summed E-state index contributed by atoms with van der Waals surface area (Å²) in [6, 6.07) is 21.5. The number of pyridine rings is 1. The van der Waals surface area contributed by atoms with Crippen molar-refractivity contribution in [2.24, 2.45) is 5.92 Å². The number of carboxylic acid groups (broad SMARTS) is 2. The maximum Gasteiger partial charge on any atom is 0.414 e. The van der Waals surface area contributed by atoms with Gasteiger partial charge in [-0.2, -0.15) is 0 Å². The van der Waals surface area contributed by atoms with Gasteiger partial charge in [-0.15, -0.1) is 0 Å². The molecule has 2 aromatic carbocycles. The van der Waals surface area contributed by atoms with Gasteiger partial charge in [0.2, 0.25) is 0 Å². The summed E-state index contributed by atoms with van der Waals surface area (Å²) in [5, 5.41) is 15.4. The molecular formula is C29H33ClN2O5. The minimum atomic E-state index is -1.82. The second kappa shape index (κ2) is 13.8. The van der Waals surface area contributed by atoms with E-state index in [0.29, 0.717) is 23.4 Å². The van der Waals surface area contributed by atoms with Gasteiger partial charge >= 0.3 is 11.9 Å². The molecule has 1 saturated heterocycles. The highest BCUT2D eigenvalue weighted by atomic mass is 35.5. The van der Waals surface area contributed by atoms with Crippen molar-refractivity contribution < 1.29 is 19.8 Å². The second-order valence-corrected chi connectivity index (χ2v) is 9.81. The largest absolute Gasteiger partial charge is 0.473 e. The fourth-order valence-corrected chi connectivity index (χ4v) is 5.04. The predicted octanol–water partition coefficient (Wildman–Crippen LogP) is 4.98. The molecule has 1 unspecified atom stereocenters. The maximum absolute atomic E-state index is 12.1. The second-order valence-electron chi connectivity index (χ2n) is 9.37. The number of nitrogens with zero attached hydrogens (tertiary/aromatic N) is 1. The Morgan fingerprint density at radius 1 is 0.973 bits per heavy atom. The first kappa shape index (κ1) is 28.2. The third-order valence-corrected chi connectivity index (χ3v) is 7.15. The molecule has 1 fully saturated rings. The first-order chi connectivity index (χ1) is 17.7. The molecule has 1 atom stereocenters. The first-order valence-electron chi connectivity index (χ1n) is 12.4. The lowest BCUT2D eigenvalue weighted by atomic mass is 9.79. The van der Waals surface area contributed by atoms with E-state index in [4.69, 9.17) is 31.4 Å². The summed E-state index contributed by atoms with van der Waals surface area (Å²) in [6.07, 6.45) is 6.04. The number of carbonyl (C=O) groups is 2. The Morgan fingerprint density at radius 2 is 1.59 bits per heavy atom. The minimum absolute atomic E-state index is 0.0350. The number of aromatic nitrogens is 1. The van der Waals surface area contributed by atoms with E-state index in [1.807, 2.05) is 0 Å². The highest BCUT2D eigenvalue weighted by Gasteiger charge is 2.26. The summed E-state index contributed by atoms with van der Waals surface area (Å²) in [6.45, 7) is 5.11. The molecule has 2 heterocycles. The zero-order chi connectivity index (χ0) is 26.8. The van der Waals surface area contributed by atoms with Crippen molar-refractivity contribution in [2.45, 2.75) is 45.1 Å². The number of aromatic amines is 1. The van der Waals surface area contributed by atoms with Crippen LogP contribution in [0, 0.1) is 5.92 Å². The molecule has 0 spiro atoms. The van der Waals surface area contributed by atoms with Gasteiger partial charge in [0.1, 0.15) is 0 Å². The Balaban J connectivity index is 0.000000568. The Bertz CT molecular complexity index is 1220. The topological polar surface area (TPSA) is 111 Å². The fraction of sp³-hybridized carbons (Fsp3) is 0.345. The van der Waals surface area contributed by atoms with Gasteiger partial charge in [0.05, 0.1) is 5.02 Å². The van der Waals surface area contributed by atoms with Crippen molar-refractivity contribution in [1.82, 2.24) is 9.88 Å². The van der Waals surface area contributed by atoms with E-state index in [0.717, 1.165) is 44.3 Å². The smallest absolute Gasteiger partial charge is 0.414 e. The van der Waals surface area contributed by atoms with Gasteiger partial charge in [0.15, 0.2) is 0 Å². The number of aryl methyl sites for hydroxylation is 2. The number of piperidine rings is 1. The number of likely N-dealkylation sites (tertiary alicyclic amines) is 1. The molecule has 0 saturated carbocycles. The van der Waals surface area contributed by atoms with Crippen molar-refractivity contribution in [3.8, 4) is 0 Å². The molecule has 3 aromatic rings. The van der Waals surface area contributed by atoms with Gasteiger partial charge in [0, 0.05) is 18.3 Å². The van der Waals surface area contributed by atoms with Crippen LogP contribution in [0.5, 0.6) is 0 Å². The molecule has 1 aliphatic heterocycles. The van der Waals surface area contributed by atoms with Crippen molar-refractivity contribution in [3.05, 3.63) is 104 Å². The van der Waals surface area contributed by atoms with Gasteiger partial charge in [-0.1, -0.05) is 73.1 Å². The van der Waals surface area contributed by atoms with Gasteiger partial charge in [-0.25, -0.2) is 9.59 Å². The summed E-state index contributed by atoms with van der Waals surface area (Å²) in [4.78, 5) is 35.4. The van der Waals surface area contributed by atoms with E-state index in [2.05, 4.69) is 71.4 Å². The number of hydrogen-bond acceptors (Lipinski definition) is 4. The van der Waals surface area contributed by atoms with Crippen LogP contribution < -0.4 is 5.56 Å². The van der Waals surface area contributed by atoms with Crippen molar-refractivity contribution in [1.29, 1.82) is 0 Å². The Morgan fingerprint density at radius 3 is 2.24 bits per heavy atom. The summed E-state index contributed by atoms with van der Waals surface area (Å²) in [7, 11) is 0. The highest BCUT2D eigenvalue weighted by Crippen LogP contribution is 2.34. The van der Waals surface area contributed by atoms with Crippen LogP contribution in [-0.2, 0) is 29.0 Å². The molecule has 0 amide bonds. The van der Waals surface area contributed by atoms with E-state index in [-0.39, 0.29) is 5.56 Å². The van der Waals surface area contributed by atoms with Crippen LogP contribution in [0.3, 0.4) is 0 Å². The van der Waals surface area contributed by atoms with Gasteiger partial charge < -0.3 is 15.2 Å². The van der Waals surface area contributed by atoms with Crippen LogP contribution in [0.15, 0.2) is 71.7 Å².